The molecule has 2 saturated heterocycles. The molecule has 53 heavy (non-hydrogen) atoms. The van der Waals surface area contributed by atoms with Crippen LogP contribution < -0.4 is 0 Å². The molecule has 298 valence electrons. The second-order valence-corrected chi connectivity index (χ2v) is 12.7. The number of nitrogens with zero attached hydrogens (tertiary/aromatic N) is 1. The molecule has 2 fully saturated rings. The summed E-state index contributed by atoms with van der Waals surface area (Å²) in [4.78, 5) is 85.7. The minimum atomic E-state index is -1.80. The predicted octanol–water partition coefficient (Wildman–Crippen LogP) is 1.20. The lowest BCUT2D eigenvalue weighted by atomic mass is 9.96. The second kappa shape index (κ2) is 21.4. The third-order valence-corrected chi connectivity index (χ3v) is 7.71. The van der Waals surface area contributed by atoms with Gasteiger partial charge in [-0.2, -0.15) is 5.26 Å². The average Bonchev–Trinajstić information content (AvgIpc) is 3.03. The van der Waals surface area contributed by atoms with E-state index in [1.165, 1.54) is 0 Å². The van der Waals surface area contributed by atoms with Gasteiger partial charge in [-0.25, -0.2) is 0 Å². The van der Waals surface area contributed by atoms with E-state index in [1.807, 2.05) is 6.92 Å². The average molecular weight is 760 g/mol. The first-order valence-corrected chi connectivity index (χ1v) is 16.9. The highest BCUT2D eigenvalue weighted by Crippen LogP contribution is 2.35. The first-order valence-electron chi connectivity index (χ1n) is 16.9. The summed E-state index contributed by atoms with van der Waals surface area (Å²) in [6, 6.07) is 2.17. The van der Waals surface area contributed by atoms with Crippen molar-refractivity contribution in [2.45, 2.75) is 137 Å². The lowest BCUT2D eigenvalue weighted by Gasteiger charge is -2.48. The Balaban J connectivity index is 2.62. The van der Waals surface area contributed by atoms with Crippen LogP contribution in [0, 0.1) is 23.2 Å². The van der Waals surface area contributed by atoms with Crippen LogP contribution in [-0.4, -0.2) is 123 Å². The fraction of sp³-hybridized carbons (Fsp3) is 0.765. The highest BCUT2D eigenvalue weighted by atomic mass is 16.8. The third kappa shape index (κ3) is 14.9. The van der Waals surface area contributed by atoms with E-state index < -0.39 is 110 Å². The maximum atomic E-state index is 12.4. The molecule has 0 N–H and O–H groups in total. The largest absolute Gasteiger partial charge is 0.463 e. The number of hydrogen-bond acceptors (Lipinski definition) is 19. The van der Waals surface area contributed by atoms with Gasteiger partial charge in [0.25, 0.3) is 0 Å². The maximum absolute atomic E-state index is 12.4. The van der Waals surface area contributed by atoms with Crippen LogP contribution in [0.3, 0.4) is 0 Å². The molecule has 0 aromatic heterocycles. The molecule has 2 aliphatic heterocycles. The fourth-order valence-electron chi connectivity index (χ4n) is 5.60. The highest BCUT2D eigenvalue weighted by Gasteiger charge is 2.57. The molecule has 0 aliphatic carbocycles. The number of esters is 7. The van der Waals surface area contributed by atoms with E-state index in [0.717, 1.165) is 48.5 Å². The van der Waals surface area contributed by atoms with Gasteiger partial charge in [0.05, 0.1) is 12.7 Å². The summed E-state index contributed by atoms with van der Waals surface area (Å²) in [5, 5.41) is 9.11. The van der Waals surface area contributed by atoms with E-state index in [0.29, 0.717) is 12.8 Å². The minimum absolute atomic E-state index is 0.00988. The molecule has 2 aliphatic rings. The van der Waals surface area contributed by atoms with Gasteiger partial charge in [0.1, 0.15) is 18.8 Å². The normalized spacial score (nSPS) is 29.2. The predicted molar refractivity (Wildman–Crippen MR) is 172 cm³/mol. The van der Waals surface area contributed by atoms with Gasteiger partial charge in [-0.3, -0.25) is 33.6 Å². The lowest BCUT2D eigenvalue weighted by molar-refractivity contribution is -0.378. The first kappa shape index (κ1) is 44.8. The molecule has 12 atom stereocenters. The summed E-state index contributed by atoms with van der Waals surface area (Å²) in [7, 11) is 0. The summed E-state index contributed by atoms with van der Waals surface area (Å²) >= 11 is 0. The Bertz CT molecular complexity index is 1350. The van der Waals surface area contributed by atoms with Crippen LogP contribution in [0.15, 0.2) is 0 Å². The molecular weight excluding hydrogens is 710 g/mol. The van der Waals surface area contributed by atoms with Crippen LogP contribution in [0.4, 0.5) is 0 Å². The smallest absolute Gasteiger partial charge is 0.303 e. The first-order chi connectivity index (χ1) is 24.8. The number of carbonyl (C=O) groups excluding carboxylic acids is 7. The van der Waals surface area contributed by atoms with Crippen LogP contribution in [0.1, 0.15) is 75.2 Å². The zero-order chi connectivity index (χ0) is 40.0. The van der Waals surface area contributed by atoms with Crippen LogP contribution in [0.25, 0.3) is 0 Å². The number of nitriles is 1. The lowest BCUT2D eigenvalue weighted by Crippen LogP contribution is -2.66. The van der Waals surface area contributed by atoms with Crippen molar-refractivity contribution in [2.75, 3.05) is 19.8 Å². The molecule has 19 nitrogen and oxygen atoms in total. The van der Waals surface area contributed by atoms with Crippen LogP contribution in [0.5, 0.6) is 0 Å². The Morgan fingerprint density at radius 3 is 1.30 bits per heavy atom. The van der Waals surface area contributed by atoms with E-state index in [9.17, 15) is 33.6 Å². The maximum Gasteiger partial charge on any atom is 0.303 e. The van der Waals surface area contributed by atoms with Crippen LogP contribution in [0.2, 0.25) is 0 Å². The van der Waals surface area contributed by atoms with Crippen molar-refractivity contribution in [1.29, 1.82) is 5.26 Å². The van der Waals surface area contributed by atoms with Crippen molar-refractivity contribution in [3.05, 3.63) is 0 Å². The van der Waals surface area contributed by atoms with Crippen molar-refractivity contribution >= 4 is 41.8 Å². The van der Waals surface area contributed by atoms with Crippen LogP contribution >= 0.6 is 0 Å². The molecule has 0 radical (unpaired) electrons. The standard InChI is InChI=1S/C34H49NO18/c1-16(12-35)10-11-17(2)13-43-14-25-27(45-19(4)37)29(47-21(6)39)31(49-23(8)41)33(51-25)53-34-32(50-24(9)42)30(48-22(7)40)28(46-20(5)38)26(52-34)15-44-18(3)36/h16-17,25-34H,10-11,13-15H2,1-9H3/t16?,17?,25?,26?,27-,28?,29?,30?,31?,32?,33?,34?/m1/s1. The van der Waals surface area contributed by atoms with Gasteiger partial charge in [-0.1, -0.05) is 6.92 Å². The molecule has 19 heteroatoms. The van der Waals surface area contributed by atoms with E-state index in [4.69, 9.17) is 57.4 Å². The van der Waals surface area contributed by atoms with E-state index in [1.54, 1.807) is 6.92 Å². The summed E-state index contributed by atoms with van der Waals surface area (Å²) < 4.78 is 62.3. The Morgan fingerprint density at radius 2 is 0.925 bits per heavy atom. The SMILES string of the molecule is CC(=O)OCC1OC(OC2OC(COCC(C)CCC(C)C#N)[C@@H](OC(C)=O)C(OC(C)=O)C2OC(C)=O)C(OC(C)=O)C(OC(C)=O)C1OC(C)=O. The van der Waals surface area contributed by atoms with Crippen molar-refractivity contribution in [3.63, 3.8) is 0 Å². The zero-order valence-electron chi connectivity index (χ0n) is 31.3. The summed E-state index contributed by atoms with van der Waals surface area (Å²) in [6.45, 7) is 10.5. The monoisotopic (exact) mass is 759 g/mol. The topological polar surface area (TPSA) is 245 Å². The highest BCUT2D eigenvalue weighted by molar-refractivity contribution is 5.69. The number of ether oxygens (including phenoxy) is 11. The van der Waals surface area contributed by atoms with Gasteiger partial charge in [0.2, 0.25) is 12.6 Å². The molecule has 0 spiro atoms. The van der Waals surface area contributed by atoms with Crippen molar-refractivity contribution in [2.24, 2.45) is 11.8 Å². The Kier molecular flexibility index (Phi) is 18.0. The Labute approximate surface area is 307 Å². The Morgan fingerprint density at radius 1 is 0.547 bits per heavy atom. The summed E-state index contributed by atoms with van der Waals surface area (Å²) in [6.07, 6.45) is -14.4. The number of rotatable bonds is 17. The van der Waals surface area contributed by atoms with Crippen molar-refractivity contribution in [1.82, 2.24) is 0 Å². The van der Waals surface area contributed by atoms with Gasteiger partial charge in [-0.05, 0) is 25.7 Å². The molecule has 0 aromatic carbocycles. The quantitative estimate of drug-likeness (QED) is 0.149. The van der Waals surface area contributed by atoms with E-state index in [2.05, 4.69) is 6.07 Å². The van der Waals surface area contributed by atoms with Gasteiger partial charge in [-0.15, -0.1) is 0 Å². The number of hydrogen-bond donors (Lipinski definition) is 0. The number of carbonyl (C=O) groups is 7. The third-order valence-electron chi connectivity index (χ3n) is 7.71. The van der Waals surface area contributed by atoms with Crippen molar-refractivity contribution < 1.29 is 85.7 Å². The van der Waals surface area contributed by atoms with E-state index >= 15 is 0 Å². The summed E-state index contributed by atoms with van der Waals surface area (Å²) in [5.74, 6) is -6.15. The molecular formula is C34H49NO18. The molecule has 11 unspecified atom stereocenters. The minimum Gasteiger partial charge on any atom is -0.463 e. The molecule has 0 amide bonds. The van der Waals surface area contributed by atoms with Gasteiger partial charge in [0.15, 0.2) is 36.6 Å². The fourth-order valence-corrected chi connectivity index (χ4v) is 5.60. The second-order valence-electron chi connectivity index (χ2n) is 12.7. The zero-order valence-corrected chi connectivity index (χ0v) is 31.3. The Hall–Kier alpha value is -4.38. The molecule has 0 aromatic rings. The summed E-state index contributed by atoms with van der Waals surface area (Å²) in [5.41, 5.74) is 0. The molecule has 0 saturated carbocycles. The van der Waals surface area contributed by atoms with Gasteiger partial charge < -0.3 is 52.1 Å². The van der Waals surface area contributed by atoms with Crippen molar-refractivity contribution in [3.8, 4) is 6.07 Å². The molecule has 2 heterocycles. The molecule has 2 rings (SSSR count). The van der Waals surface area contributed by atoms with Crippen LogP contribution in [-0.2, 0) is 85.7 Å². The van der Waals surface area contributed by atoms with Gasteiger partial charge >= 0.3 is 41.8 Å². The van der Waals surface area contributed by atoms with E-state index in [-0.39, 0.29) is 25.0 Å². The van der Waals surface area contributed by atoms with Gasteiger partial charge in [0, 0.05) is 61.0 Å². The molecule has 0 bridgehead atoms.